The summed E-state index contributed by atoms with van der Waals surface area (Å²) in [7, 11) is 1.60. The van der Waals surface area contributed by atoms with E-state index in [2.05, 4.69) is 5.32 Å². The molecule has 1 aliphatic rings. The SMILES string of the molecule is CNC(=O)N(CC(O)COC1CCCC1)C(C)C. The zero-order chi connectivity index (χ0) is 13.5. The number of rotatable bonds is 6. The Morgan fingerprint density at radius 1 is 1.44 bits per heavy atom. The molecule has 1 saturated carbocycles. The number of aliphatic hydroxyl groups is 1. The molecule has 1 rings (SSSR count). The fraction of sp³-hybridized carbons (Fsp3) is 0.923. The van der Waals surface area contributed by atoms with Crippen molar-refractivity contribution in [1.29, 1.82) is 0 Å². The molecule has 1 fully saturated rings. The molecule has 0 aromatic heterocycles. The fourth-order valence-electron chi connectivity index (χ4n) is 2.25. The number of carbonyl (C=O) groups is 1. The molecule has 0 aliphatic heterocycles. The lowest BCUT2D eigenvalue weighted by atomic mass is 10.2. The van der Waals surface area contributed by atoms with E-state index in [1.807, 2.05) is 13.8 Å². The molecule has 106 valence electrons. The molecule has 0 aromatic rings. The van der Waals surface area contributed by atoms with Crippen molar-refractivity contribution in [1.82, 2.24) is 10.2 Å². The van der Waals surface area contributed by atoms with Gasteiger partial charge in [0.1, 0.15) is 0 Å². The van der Waals surface area contributed by atoms with Crippen molar-refractivity contribution in [2.45, 2.75) is 57.8 Å². The van der Waals surface area contributed by atoms with Crippen molar-refractivity contribution in [3.63, 3.8) is 0 Å². The molecule has 5 heteroatoms. The summed E-state index contributed by atoms with van der Waals surface area (Å²) in [6.07, 6.45) is 4.30. The van der Waals surface area contributed by atoms with Gasteiger partial charge in [0, 0.05) is 13.1 Å². The summed E-state index contributed by atoms with van der Waals surface area (Å²) in [5.41, 5.74) is 0. The summed E-state index contributed by atoms with van der Waals surface area (Å²) in [6.45, 7) is 4.48. The first-order valence-corrected chi connectivity index (χ1v) is 6.82. The molecule has 1 unspecified atom stereocenters. The van der Waals surface area contributed by atoms with Crippen LogP contribution in [0.5, 0.6) is 0 Å². The molecule has 0 radical (unpaired) electrons. The predicted octanol–water partition coefficient (Wildman–Crippen LogP) is 1.36. The van der Waals surface area contributed by atoms with Crippen molar-refractivity contribution < 1.29 is 14.6 Å². The quantitative estimate of drug-likeness (QED) is 0.756. The minimum atomic E-state index is -0.620. The van der Waals surface area contributed by atoms with Crippen LogP contribution in [0.15, 0.2) is 0 Å². The predicted molar refractivity (Wildman–Crippen MR) is 70.5 cm³/mol. The minimum absolute atomic E-state index is 0.0612. The van der Waals surface area contributed by atoms with Gasteiger partial charge in [0.05, 0.1) is 25.4 Å². The number of nitrogens with one attached hydrogen (secondary N) is 1. The van der Waals surface area contributed by atoms with E-state index >= 15 is 0 Å². The van der Waals surface area contributed by atoms with Crippen LogP contribution in [0.1, 0.15) is 39.5 Å². The van der Waals surface area contributed by atoms with Gasteiger partial charge in [-0.3, -0.25) is 0 Å². The first kappa shape index (κ1) is 15.2. The molecule has 0 bridgehead atoms. The first-order valence-electron chi connectivity index (χ1n) is 6.82. The number of ether oxygens (including phenoxy) is 1. The molecule has 0 heterocycles. The molecule has 1 aliphatic carbocycles. The number of hydrogen-bond acceptors (Lipinski definition) is 3. The highest BCUT2D eigenvalue weighted by Gasteiger charge is 2.21. The van der Waals surface area contributed by atoms with Crippen LogP contribution >= 0.6 is 0 Å². The first-order chi connectivity index (χ1) is 8.54. The number of carbonyl (C=O) groups excluding carboxylic acids is 1. The number of nitrogens with zero attached hydrogens (tertiary/aromatic N) is 1. The Morgan fingerprint density at radius 3 is 2.56 bits per heavy atom. The van der Waals surface area contributed by atoms with E-state index in [1.54, 1.807) is 11.9 Å². The van der Waals surface area contributed by atoms with Crippen molar-refractivity contribution >= 4 is 6.03 Å². The molecule has 2 amide bonds. The normalized spacial score (nSPS) is 18.1. The van der Waals surface area contributed by atoms with Gasteiger partial charge in [-0.05, 0) is 26.7 Å². The summed E-state index contributed by atoms with van der Waals surface area (Å²) in [5.74, 6) is 0. The van der Waals surface area contributed by atoms with E-state index in [9.17, 15) is 9.90 Å². The van der Waals surface area contributed by atoms with Gasteiger partial charge in [-0.15, -0.1) is 0 Å². The molecule has 2 N–H and O–H groups in total. The van der Waals surface area contributed by atoms with Crippen LogP contribution in [0.3, 0.4) is 0 Å². The second-order valence-corrected chi connectivity index (χ2v) is 5.19. The fourth-order valence-corrected chi connectivity index (χ4v) is 2.25. The van der Waals surface area contributed by atoms with Gasteiger partial charge in [0.2, 0.25) is 0 Å². The van der Waals surface area contributed by atoms with Gasteiger partial charge in [-0.1, -0.05) is 12.8 Å². The Balaban J connectivity index is 2.31. The molecular formula is C13H26N2O3. The van der Waals surface area contributed by atoms with Crippen LogP contribution in [0.2, 0.25) is 0 Å². The zero-order valence-corrected chi connectivity index (χ0v) is 11.7. The Kier molecular flexibility index (Phi) is 6.43. The van der Waals surface area contributed by atoms with E-state index in [0.29, 0.717) is 19.3 Å². The van der Waals surface area contributed by atoms with E-state index in [1.165, 1.54) is 12.8 Å². The number of urea groups is 1. The Bertz CT molecular complexity index is 253. The summed E-state index contributed by atoms with van der Waals surface area (Å²) in [5, 5.41) is 12.5. The Morgan fingerprint density at radius 2 is 2.06 bits per heavy atom. The molecule has 0 aromatic carbocycles. The van der Waals surface area contributed by atoms with Crippen molar-refractivity contribution in [3.8, 4) is 0 Å². The van der Waals surface area contributed by atoms with Gasteiger partial charge in [-0.25, -0.2) is 4.79 Å². The Labute approximate surface area is 109 Å². The lowest BCUT2D eigenvalue weighted by Gasteiger charge is -2.28. The summed E-state index contributed by atoms with van der Waals surface area (Å²) < 4.78 is 5.65. The second-order valence-electron chi connectivity index (χ2n) is 5.19. The Hall–Kier alpha value is -0.810. The molecule has 1 atom stereocenters. The number of amides is 2. The molecule has 0 saturated heterocycles. The molecular weight excluding hydrogens is 232 g/mol. The molecule has 18 heavy (non-hydrogen) atoms. The van der Waals surface area contributed by atoms with Crippen LogP contribution in [0.4, 0.5) is 4.79 Å². The summed E-state index contributed by atoms with van der Waals surface area (Å²) >= 11 is 0. The van der Waals surface area contributed by atoms with Gasteiger partial charge in [-0.2, -0.15) is 0 Å². The van der Waals surface area contributed by atoms with E-state index in [0.717, 1.165) is 12.8 Å². The van der Waals surface area contributed by atoms with Gasteiger partial charge < -0.3 is 20.1 Å². The van der Waals surface area contributed by atoms with Crippen LogP contribution in [0, 0.1) is 0 Å². The largest absolute Gasteiger partial charge is 0.389 e. The van der Waals surface area contributed by atoms with Crippen molar-refractivity contribution in [2.75, 3.05) is 20.2 Å². The lowest BCUT2D eigenvalue weighted by molar-refractivity contribution is -0.0166. The third-order valence-electron chi connectivity index (χ3n) is 3.33. The number of hydrogen-bond donors (Lipinski definition) is 2. The monoisotopic (exact) mass is 258 g/mol. The number of aliphatic hydroxyl groups excluding tert-OH is 1. The highest BCUT2D eigenvalue weighted by molar-refractivity contribution is 5.74. The third kappa shape index (κ3) is 4.82. The molecule has 0 spiro atoms. The van der Waals surface area contributed by atoms with Gasteiger partial charge in [0.25, 0.3) is 0 Å². The summed E-state index contributed by atoms with van der Waals surface area (Å²) in [4.78, 5) is 13.2. The van der Waals surface area contributed by atoms with E-state index in [-0.39, 0.29) is 12.1 Å². The average Bonchev–Trinajstić information content (AvgIpc) is 2.85. The molecule has 5 nitrogen and oxygen atoms in total. The maximum atomic E-state index is 11.6. The topological polar surface area (TPSA) is 61.8 Å². The standard InChI is InChI=1S/C13H26N2O3/c1-10(2)15(13(17)14-3)8-11(16)9-18-12-6-4-5-7-12/h10-12,16H,4-9H2,1-3H3,(H,14,17). The third-order valence-corrected chi connectivity index (χ3v) is 3.33. The zero-order valence-electron chi connectivity index (χ0n) is 11.7. The smallest absolute Gasteiger partial charge is 0.317 e. The van der Waals surface area contributed by atoms with Crippen LogP contribution in [-0.4, -0.2) is 54.5 Å². The highest BCUT2D eigenvalue weighted by Crippen LogP contribution is 2.21. The second kappa shape index (κ2) is 7.59. The van der Waals surface area contributed by atoms with Crippen molar-refractivity contribution in [2.24, 2.45) is 0 Å². The minimum Gasteiger partial charge on any atom is -0.389 e. The van der Waals surface area contributed by atoms with Crippen LogP contribution in [0.25, 0.3) is 0 Å². The van der Waals surface area contributed by atoms with Crippen molar-refractivity contribution in [3.05, 3.63) is 0 Å². The van der Waals surface area contributed by atoms with Gasteiger partial charge >= 0.3 is 6.03 Å². The van der Waals surface area contributed by atoms with E-state index < -0.39 is 6.10 Å². The lowest BCUT2D eigenvalue weighted by Crippen LogP contribution is -2.47. The van der Waals surface area contributed by atoms with Crippen LogP contribution in [-0.2, 0) is 4.74 Å². The van der Waals surface area contributed by atoms with Crippen LogP contribution < -0.4 is 5.32 Å². The maximum Gasteiger partial charge on any atom is 0.317 e. The summed E-state index contributed by atoms with van der Waals surface area (Å²) in [6, 6.07) is -0.101. The highest BCUT2D eigenvalue weighted by atomic mass is 16.5. The average molecular weight is 258 g/mol. The maximum absolute atomic E-state index is 11.6. The van der Waals surface area contributed by atoms with E-state index in [4.69, 9.17) is 4.74 Å². The van der Waals surface area contributed by atoms with Gasteiger partial charge in [0.15, 0.2) is 0 Å².